The first-order chi connectivity index (χ1) is 15.2. The van der Waals surface area contributed by atoms with Gasteiger partial charge in [0, 0.05) is 12.6 Å². The summed E-state index contributed by atoms with van der Waals surface area (Å²) < 4.78 is 10.8. The van der Waals surface area contributed by atoms with Gasteiger partial charge in [-0.2, -0.15) is 0 Å². The Labute approximate surface area is 184 Å². The second-order valence-corrected chi connectivity index (χ2v) is 8.22. The summed E-state index contributed by atoms with van der Waals surface area (Å²) in [6.07, 6.45) is 9.66. The van der Waals surface area contributed by atoms with Crippen LogP contribution in [0.5, 0.6) is 11.5 Å². The summed E-state index contributed by atoms with van der Waals surface area (Å²) in [5, 5.41) is 0. The van der Waals surface area contributed by atoms with E-state index in [1.165, 1.54) is 11.1 Å². The van der Waals surface area contributed by atoms with Gasteiger partial charge in [-0.15, -0.1) is 6.42 Å². The summed E-state index contributed by atoms with van der Waals surface area (Å²) in [6, 6.07) is 14.7. The van der Waals surface area contributed by atoms with Crippen LogP contribution in [0.4, 0.5) is 0 Å². The molecule has 0 spiro atoms. The molecule has 0 bridgehead atoms. The average Bonchev–Trinajstić information content (AvgIpc) is 3.46. The van der Waals surface area contributed by atoms with Crippen LogP contribution in [0.15, 0.2) is 42.5 Å². The van der Waals surface area contributed by atoms with Crippen LogP contribution in [0.25, 0.3) is 0 Å². The number of carbonyl (C=O) groups is 1. The Morgan fingerprint density at radius 2 is 1.97 bits per heavy atom. The number of methoxy groups -OCH3 is 2. The third-order valence-electron chi connectivity index (χ3n) is 6.54. The minimum Gasteiger partial charge on any atom is -0.493 e. The van der Waals surface area contributed by atoms with Crippen molar-refractivity contribution in [1.29, 1.82) is 0 Å². The lowest BCUT2D eigenvalue weighted by Crippen LogP contribution is -2.41. The van der Waals surface area contributed by atoms with Crippen molar-refractivity contribution in [2.75, 3.05) is 33.9 Å². The summed E-state index contributed by atoms with van der Waals surface area (Å²) >= 11 is 0. The number of hydrogen-bond donors (Lipinski definition) is 0. The highest BCUT2D eigenvalue weighted by atomic mass is 16.5. The molecule has 2 aromatic carbocycles. The Kier molecular flexibility index (Phi) is 6.48. The Morgan fingerprint density at radius 3 is 2.74 bits per heavy atom. The molecule has 5 heteroatoms. The van der Waals surface area contributed by atoms with Crippen LogP contribution < -0.4 is 9.47 Å². The van der Waals surface area contributed by atoms with Gasteiger partial charge in [-0.25, -0.2) is 0 Å². The third kappa shape index (κ3) is 4.26. The number of hydrogen-bond acceptors (Lipinski definition) is 4. The maximum atomic E-state index is 13.4. The van der Waals surface area contributed by atoms with Crippen molar-refractivity contribution in [3.05, 3.63) is 59.2 Å². The quantitative estimate of drug-likeness (QED) is 0.638. The lowest BCUT2D eigenvalue weighted by Gasteiger charge is -2.31. The number of ether oxygens (including phenoxy) is 2. The number of rotatable bonds is 7. The van der Waals surface area contributed by atoms with E-state index >= 15 is 0 Å². The maximum Gasteiger partial charge on any atom is 0.237 e. The van der Waals surface area contributed by atoms with Crippen molar-refractivity contribution >= 4 is 5.91 Å². The molecular formula is C26H30N2O3. The highest BCUT2D eigenvalue weighted by Crippen LogP contribution is 2.38. The number of aryl methyl sites for hydroxylation is 1. The minimum atomic E-state index is 0.0517. The standard InChI is InChI=1S/C26H30N2O3/c1-4-15-27(23-13-11-19-8-5-6-9-21(19)23)18-26(29)28-16-7-10-22(28)20-12-14-24(30-2)25(17-20)31-3/h1,5-6,8-9,12,14,17,22-23H,7,10-11,13,15-16,18H2,2-3H3. The van der Waals surface area contributed by atoms with Gasteiger partial charge in [0.15, 0.2) is 11.5 Å². The molecule has 1 aliphatic carbocycles. The molecule has 31 heavy (non-hydrogen) atoms. The molecule has 0 aromatic heterocycles. The summed E-state index contributed by atoms with van der Waals surface area (Å²) in [5.74, 6) is 4.29. The fourth-order valence-electron chi connectivity index (χ4n) is 5.04. The zero-order chi connectivity index (χ0) is 21.8. The summed E-state index contributed by atoms with van der Waals surface area (Å²) in [7, 11) is 3.26. The fourth-order valence-corrected chi connectivity index (χ4v) is 5.04. The molecule has 0 N–H and O–H groups in total. The minimum absolute atomic E-state index is 0.0517. The van der Waals surface area contributed by atoms with Crippen LogP contribution >= 0.6 is 0 Å². The number of benzene rings is 2. The molecule has 162 valence electrons. The van der Waals surface area contributed by atoms with Crippen LogP contribution in [0.1, 0.15) is 48.0 Å². The van der Waals surface area contributed by atoms with Crippen molar-refractivity contribution in [2.24, 2.45) is 0 Å². The first-order valence-electron chi connectivity index (χ1n) is 10.9. The summed E-state index contributed by atoms with van der Waals surface area (Å²) in [6.45, 7) is 1.58. The molecule has 1 fully saturated rings. The van der Waals surface area contributed by atoms with E-state index in [9.17, 15) is 4.79 Å². The van der Waals surface area contributed by atoms with E-state index in [0.29, 0.717) is 24.6 Å². The molecular weight excluding hydrogens is 388 g/mol. The van der Waals surface area contributed by atoms with Gasteiger partial charge < -0.3 is 14.4 Å². The van der Waals surface area contributed by atoms with Gasteiger partial charge in [-0.3, -0.25) is 9.69 Å². The SMILES string of the molecule is C#CCN(CC(=O)N1CCCC1c1ccc(OC)c(OC)c1)C1CCc2ccccc21. The van der Waals surface area contributed by atoms with Gasteiger partial charge in [-0.05, 0) is 54.5 Å². The monoisotopic (exact) mass is 418 g/mol. The highest BCUT2D eigenvalue weighted by Gasteiger charge is 2.34. The van der Waals surface area contributed by atoms with Crippen LogP contribution in [0, 0.1) is 12.3 Å². The van der Waals surface area contributed by atoms with Crippen LogP contribution in [-0.2, 0) is 11.2 Å². The van der Waals surface area contributed by atoms with E-state index < -0.39 is 0 Å². The normalized spacial score (nSPS) is 19.9. The first kappa shape index (κ1) is 21.3. The predicted molar refractivity (Wildman–Crippen MR) is 121 cm³/mol. The largest absolute Gasteiger partial charge is 0.493 e. The van der Waals surface area contributed by atoms with E-state index in [1.807, 2.05) is 23.1 Å². The van der Waals surface area contributed by atoms with Gasteiger partial charge in [-0.1, -0.05) is 36.3 Å². The number of terminal acetylenes is 1. The molecule has 0 radical (unpaired) electrons. The predicted octanol–water partition coefficient (Wildman–Crippen LogP) is 3.99. The Bertz CT molecular complexity index is 981. The molecule has 1 saturated heterocycles. The lowest BCUT2D eigenvalue weighted by molar-refractivity contribution is -0.133. The smallest absolute Gasteiger partial charge is 0.237 e. The highest BCUT2D eigenvalue weighted by molar-refractivity contribution is 5.79. The van der Waals surface area contributed by atoms with Gasteiger partial charge in [0.25, 0.3) is 0 Å². The zero-order valence-corrected chi connectivity index (χ0v) is 18.3. The number of fused-ring (bicyclic) bond motifs is 1. The molecule has 2 aromatic rings. The number of likely N-dealkylation sites (tertiary alicyclic amines) is 1. The lowest BCUT2D eigenvalue weighted by atomic mass is 10.0. The number of carbonyl (C=O) groups excluding carboxylic acids is 1. The Hall–Kier alpha value is -2.97. The fraction of sp³-hybridized carbons (Fsp3) is 0.423. The zero-order valence-electron chi connectivity index (χ0n) is 18.3. The average molecular weight is 419 g/mol. The van der Waals surface area contributed by atoms with Crippen molar-refractivity contribution in [2.45, 2.75) is 37.8 Å². The van der Waals surface area contributed by atoms with E-state index in [0.717, 1.165) is 37.8 Å². The molecule has 1 amide bonds. The van der Waals surface area contributed by atoms with E-state index in [4.69, 9.17) is 15.9 Å². The van der Waals surface area contributed by atoms with Gasteiger partial charge in [0.1, 0.15) is 0 Å². The molecule has 4 rings (SSSR count). The van der Waals surface area contributed by atoms with Crippen LogP contribution in [0.2, 0.25) is 0 Å². The van der Waals surface area contributed by atoms with Gasteiger partial charge in [0.2, 0.25) is 5.91 Å². The van der Waals surface area contributed by atoms with Gasteiger partial charge in [0.05, 0.1) is 33.4 Å². The second kappa shape index (κ2) is 9.45. The van der Waals surface area contributed by atoms with E-state index in [2.05, 4.69) is 35.1 Å². The molecule has 1 aliphatic heterocycles. The summed E-state index contributed by atoms with van der Waals surface area (Å²) in [4.78, 5) is 17.6. The summed E-state index contributed by atoms with van der Waals surface area (Å²) in [5.41, 5.74) is 3.76. The molecule has 1 heterocycles. The van der Waals surface area contributed by atoms with E-state index in [1.54, 1.807) is 14.2 Å². The molecule has 2 aliphatic rings. The third-order valence-corrected chi connectivity index (χ3v) is 6.54. The van der Waals surface area contributed by atoms with Crippen molar-refractivity contribution in [3.8, 4) is 23.8 Å². The first-order valence-corrected chi connectivity index (χ1v) is 10.9. The molecule has 5 nitrogen and oxygen atoms in total. The van der Waals surface area contributed by atoms with Gasteiger partial charge >= 0.3 is 0 Å². The molecule has 2 atom stereocenters. The second-order valence-electron chi connectivity index (χ2n) is 8.22. The van der Waals surface area contributed by atoms with Crippen molar-refractivity contribution < 1.29 is 14.3 Å². The number of nitrogens with zero attached hydrogens (tertiary/aromatic N) is 2. The van der Waals surface area contributed by atoms with Crippen molar-refractivity contribution in [3.63, 3.8) is 0 Å². The van der Waals surface area contributed by atoms with Crippen LogP contribution in [0.3, 0.4) is 0 Å². The van der Waals surface area contributed by atoms with E-state index in [-0.39, 0.29) is 18.0 Å². The van der Waals surface area contributed by atoms with Crippen LogP contribution in [-0.4, -0.2) is 49.6 Å². The Morgan fingerprint density at radius 1 is 1.16 bits per heavy atom. The van der Waals surface area contributed by atoms with Crippen molar-refractivity contribution in [1.82, 2.24) is 9.80 Å². The topological polar surface area (TPSA) is 42.0 Å². The Balaban J connectivity index is 1.52. The molecule has 0 saturated carbocycles. The number of amides is 1. The maximum absolute atomic E-state index is 13.4. The molecule has 2 unspecified atom stereocenters.